The van der Waals surface area contributed by atoms with E-state index >= 15 is 0 Å². The zero-order valence-corrected chi connectivity index (χ0v) is 11.5. The van der Waals surface area contributed by atoms with Crippen LogP contribution in [0.1, 0.15) is 23.2 Å². The van der Waals surface area contributed by atoms with Crippen LogP contribution in [0.4, 0.5) is 17.6 Å². The van der Waals surface area contributed by atoms with Gasteiger partial charge in [-0.1, -0.05) is 0 Å². The first-order chi connectivity index (χ1) is 9.90. The fraction of sp³-hybridized carbons (Fsp3) is 0.385. The second-order valence-corrected chi connectivity index (χ2v) is 5.83. The van der Waals surface area contributed by atoms with Crippen LogP contribution in [0.3, 0.4) is 0 Å². The van der Waals surface area contributed by atoms with Crippen LogP contribution < -0.4 is 5.32 Å². The quantitative estimate of drug-likeness (QED) is 0.674. The SMILES string of the molecule is N#CC1(NC(=O)c2c(F)c(F)cc(F)c2F)CCSCC1. The average Bonchev–Trinajstić information content (AvgIpc) is 2.46. The van der Waals surface area contributed by atoms with Crippen LogP contribution in [0.15, 0.2) is 6.07 Å². The van der Waals surface area contributed by atoms with Gasteiger partial charge in [-0.3, -0.25) is 4.79 Å². The Labute approximate surface area is 122 Å². The van der Waals surface area contributed by atoms with E-state index in [9.17, 15) is 27.6 Å². The van der Waals surface area contributed by atoms with E-state index in [1.807, 2.05) is 6.07 Å². The van der Waals surface area contributed by atoms with Crippen molar-refractivity contribution in [2.75, 3.05) is 11.5 Å². The van der Waals surface area contributed by atoms with Crippen LogP contribution in [0.5, 0.6) is 0 Å². The summed E-state index contributed by atoms with van der Waals surface area (Å²) in [5.74, 6) is -7.02. The highest BCUT2D eigenvalue weighted by molar-refractivity contribution is 7.99. The fourth-order valence-corrected chi connectivity index (χ4v) is 3.23. The third-order valence-corrected chi connectivity index (χ3v) is 4.24. The number of carbonyl (C=O) groups is 1. The van der Waals surface area contributed by atoms with Crippen molar-refractivity contribution in [1.29, 1.82) is 5.26 Å². The molecule has 1 amide bonds. The molecule has 112 valence electrons. The molecule has 0 unspecified atom stereocenters. The highest BCUT2D eigenvalue weighted by Gasteiger charge is 2.36. The maximum Gasteiger partial charge on any atom is 0.258 e. The molecule has 0 saturated carbocycles. The Morgan fingerprint density at radius 2 is 1.71 bits per heavy atom. The molecule has 2 rings (SSSR count). The molecule has 1 aliphatic rings. The van der Waals surface area contributed by atoms with Crippen molar-refractivity contribution in [3.05, 3.63) is 34.9 Å². The van der Waals surface area contributed by atoms with Gasteiger partial charge in [0.05, 0.1) is 6.07 Å². The largest absolute Gasteiger partial charge is 0.333 e. The van der Waals surface area contributed by atoms with Crippen molar-refractivity contribution in [1.82, 2.24) is 5.32 Å². The van der Waals surface area contributed by atoms with Crippen LogP contribution in [0.2, 0.25) is 0 Å². The molecule has 0 radical (unpaired) electrons. The van der Waals surface area contributed by atoms with Gasteiger partial charge in [0.1, 0.15) is 11.1 Å². The van der Waals surface area contributed by atoms with Crippen molar-refractivity contribution in [3.8, 4) is 6.07 Å². The summed E-state index contributed by atoms with van der Waals surface area (Å²) < 4.78 is 53.3. The van der Waals surface area contributed by atoms with E-state index in [-0.39, 0.29) is 6.07 Å². The normalized spacial score (nSPS) is 17.1. The number of nitrogens with zero attached hydrogens (tertiary/aromatic N) is 1. The van der Waals surface area contributed by atoms with Crippen molar-refractivity contribution < 1.29 is 22.4 Å². The van der Waals surface area contributed by atoms with Crippen LogP contribution >= 0.6 is 11.8 Å². The average molecular weight is 318 g/mol. The lowest BCUT2D eigenvalue weighted by atomic mass is 9.93. The Balaban J connectivity index is 2.35. The van der Waals surface area contributed by atoms with E-state index in [0.717, 1.165) is 0 Å². The zero-order valence-electron chi connectivity index (χ0n) is 10.7. The van der Waals surface area contributed by atoms with Crippen molar-refractivity contribution >= 4 is 17.7 Å². The highest BCUT2D eigenvalue weighted by Crippen LogP contribution is 2.28. The van der Waals surface area contributed by atoms with Gasteiger partial charge in [-0.25, -0.2) is 17.6 Å². The van der Waals surface area contributed by atoms with Crippen LogP contribution in [-0.2, 0) is 0 Å². The molecule has 0 atom stereocenters. The topological polar surface area (TPSA) is 52.9 Å². The molecular formula is C13H10F4N2OS. The van der Waals surface area contributed by atoms with Gasteiger partial charge >= 0.3 is 0 Å². The van der Waals surface area contributed by atoms with Gasteiger partial charge in [0.25, 0.3) is 5.91 Å². The molecule has 1 heterocycles. The maximum absolute atomic E-state index is 13.5. The van der Waals surface area contributed by atoms with E-state index in [0.29, 0.717) is 24.3 Å². The Morgan fingerprint density at radius 3 is 2.19 bits per heavy atom. The summed E-state index contributed by atoms with van der Waals surface area (Å²) in [5, 5.41) is 11.4. The first-order valence-corrected chi connectivity index (χ1v) is 7.20. The predicted molar refractivity (Wildman–Crippen MR) is 68.6 cm³/mol. The van der Waals surface area contributed by atoms with Gasteiger partial charge in [-0.2, -0.15) is 17.0 Å². The van der Waals surface area contributed by atoms with Crippen LogP contribution in [-0.4, -0.2) is 23.0 Å². The number of halogens is 4. The van der Waals surface area contributed by atoms with Crippen LogP contribution in [0, 0.1) is 34.6 Å². The highest BCUT2D eigenvalue weighted by atomic mass is 32.2. The molecule has 0 aromatic heterocycles. The maximum atomic E-state index is 13.5. The van der Waals surface area contributed by atoms with Gasteiger partial charge in [0.2, 0.25) is 0 Å². The Bertz CT molecular complexity index is 597. The number of hydrogen-bond donors (Lipinski definition) is 1. The van der Waals surface area contributed by atoms with Gasteiger partial charge < -0.3 is 5.32 Å². The van der Waals surface area contributed by atoms with Gasteiger partial charge in [0, 0.05) is 6.07 Å². The molecule has 1 aliphatic heterocycles. The first-order valence-electron chi connectivity index (χ1n) is 6.05. The lowest BCUT2D eigenvalue weighted by Gasteiger charge is -2.31. The number of nitrogens with one attached hydrogen (secondary N) is 1. The molecular weight excluding hydrogens is 308 g/mol. The number of hydrogen-bond acceptors (Lipinski definition) is 3. The van der Waals surface area contributed by atoms with Crippen molar-refractivity contribution in [3.63, 3.8) is 0 Å². The fourth-order valence-electron chi connectivity index (χ4n) is 2.04. The molecule has 0 bridgehead atoms. The molecule has 0 aliphatic carbocycles. The van der Waals surface area contributed by atoms with Crippen molar-refractivity contribution in [2.45, 2.75) is 18.4 Å². The minimum atomic E-state index is -1.77. The summed E-state index contributed by atoms with van der Waals surface area (Å²) >= 11 is 1.58. The molecule has 1 saturated heterocycles. The summed E-state index contributed by atoms with van der Waals surface area (Å²) in [7, 11) is 0. The monoisotopic (exact) mass is 318 g/mol. The molecule has 0 spiro atoms. The van der Waals surface area contributed by atoms with Gasteiger partial charge in [0.15, 0.2) is 23.3 Å². The summed E-state index contributed by atoms with van der Waals surface area (Å²) in [5.41, 5.74) is -2.62. The van der Waals surface area contributed by atoms with E-state index in [1.54, 1.807) is 11.8 Å². The zero-order chi connectivity index (χ0) is 15.6. The molecule has 1 aromatic carbocycles. The predicted octanol–water partition coefficient (Wildman–Crippen LogP) is 2.76. The molecule has 8 heteroatoms. The molecule has 1 aromatic rings. The second-order valence-electron chi connectivity index (χ2n) is 4.60. The number of thioether (sulfide) groups is 1. The molecule has 21 heavy (non-hydrogen) atoms. The van der Waals surface area contributed by atoms with Gasteiger partial charge in [-0.15, -0.1) is 0 Å². The minimum Gasteiger partial charge on any atom is -0.333 e. The first kappa shape index (κ1) is 15.6. The number of benzene rings is 1. The number of rotatable bonds is 2. The number of amides is 1. The Morgan fingerprint density at radius 1 is 1.19 bits per heavy atom. The minimum absolute atomic E-state index is 0.0265. The molecule has 1 N–H and O–H groups in total. The molecule has 1 fully saturated rings. The van der Waals surface area contributed by atoms with E-state index < -0.39 is 40.3 Å². The van der Waals surface area contributed by atoms with Crippen LogP contribution in [0.25, 0.3) is 0 Å². The smallest absolute Gasteiger partial charge is 0.258 e. The lowest BCUT2D eigenvalue weighted by Crippen LogP contribution is -2.50. The Kier molecular flexibility index (Phi) is 4.42. The summed E-state index contributed by atoms with van der Waals surface area (Å²) in [4.78, 5) is 11.9. The van der Waals surface area contributed by atoms with Crippen molar-refractivity contribution in [2.24, 2.45) is 0 Å². The Hall–Kier alpha value is -1.75. The number of carbonyl (C=O) groups excluding carboxylic acids is 1. The third kappa shape index (κ3) is 2.97. The number of nitriles is 1. The standard InChI is InChI=1S/C13H10F4N2OS/c14-7-5-8(15)11(17)9(10(7)16)12(20)19-13(6-18)1-3-21-4-2-13/h5H,1-4H2,(H,19,20). The second kappa shape index (κ2) is 5.93. The summed E-state index contributed by atoms with van der Waals surface area (Å²) in [6, 6.07) is 1.94. The summed E-state index contributed by atoms with van der Waals surface area (Å²) in [6.45, 7) is 0. The van der Waals surface area contributed by atoms with E-state index in [1.165, 1.54) is 0 Å². The lowest BCUT2D eigenvalue weighted by molar-refractivity contribution is 0.0904. The third-order valence-electron chi connectivity index (χ3n) is 3.25. The van der Waals surface area contributed by atoms with E-state index in [4.69, 9.17) is 0 Å². The summed E-state index contributed by atoms with van der Waals surface area (Å²) in [6.07, 6.45) is 0.585. The molecule has 3 nitrogen and oxygen atoms in total. The van der Waals surface area contributed by atoms with E-state index in [2.05, 4.69) is 5.32 Å². The van der Waals surface area contributed by atoms with Gasteiger partial charge in [-0.05, 0) is 24.3 Å².